The zero-order chi connectivity index (χ0) is 16.6. The van der Waals surface area contributed by atoms with Crippen LogP contribution in [0.25, 0.3) is 0 Å². The summed E-state index contributed by atoms with van der Waals surface area (Å²) in [6.07, 6.45) is 4.06. The second kappa shape index (κ2) is 6.09. The van der Waals surface area contributed by atoms with E-state index in [2.05, 4.69) is 10.6 Å². The van der Waals surface area contributed by atoms with E-state index in [9.17, 15) is 17.6 Å². The summed E-state index contributed by atoms with van der Waals surface area (Å²) < 4.78 is 38.8. The number of urea groups is 1. The summed E-state index contributed by atoms with van der Waals surface area (Å²) in [6.45, 7) is 0. The first-order valence-electron chi connectivity index (χ1n) is 7.65. The molecule has 8 heteroatoms. The van der Waals surface area contributed by atoms with Gasteiger partial charge in [0.25, 0.3) is 0 Å². The molecule has 2 N–H and O–H groups in total. The van der Waals surface area contributed by atoms with Gasteiger partial charge in [-0.2, -0.15) is 4.31 Å². The van der Waals surface area contributed by atoms with Crippen molar-refractivity contribution in [3.8, 4) is 0 Å². The molecule has 2 aliphatic heterocycles. The van der Waals surface area contributed by atoms with Gasteiger partial charge in [-0.25, -0.2) is 17.6 Å². The van der Waals surface area contributed by atoms with E-state index >= 15 is 0 Å². The van der Waals surface area contributed by atoms with Crippen molar-refractivity contribution >= 4 is 21.7 Å². The summed E-state index contributed by atoms with van der Waals surface area (Å²) in [5.74, 6) is -0.491. The van der Waals surface area contributed by atoms with Crippen LogP contribution < -0.4 is 10.6 Å². The standard InChI is InChI=1S/C15H20FN3O3S/c1-23(21,22)19-11-6-7-12(19)9-10(8-11)17-15(20)18-14-5-3-2-4-13(14)16/h2-5,10-12H,6-9H2,1H3,(H2,17,18,20). The normalized spacial score (nSPS) is 27.7. The fourth-order valence-corrected chi connectivity index (χ4v) is 5.17. The minimum Gasteiger partial charge on any atom is -0.335 e. The molecule has 0 spiro atoms. The van der Waals surface area contributed by atoms with Gasteiger partial charge in [-0.15, -0.1) is 0 Å². The number of para-hydroxylation sites is 1. The number of rotatable bonds is 3. The lowest BCUT2D eigenvalue weighted by Crippen LogP contribution is -2.52. The molecule has 2 heterocycles. The van der Waals surface area contributed by atoms with Crippen LogP contribution in [0, 0.1) is 5.82 Å². The van der Waals surface area contributed by atoms with E-state index in [1.807, 2.05) is 0 Å². The first-order chi connectivity index (χ1) is 10.8. The van der Waals surface area contributed by atoms with Crippen molar-refractivity contribution in [2.45, 2.75) is 43.8 Å². The number of piperidine rings is 1. The Morgan fingerprint density at radius 3 is 2.39 bits per heavy atom. The number of carbonyl (C=O) groups excluding carboxylic acids is 1. The average Bonchev–Trinajstić information content (AvgIpc) is 2.74. The molecule has 2 fully saturated rings. The largest absolute Gasteiger partial charge is 0.335 e. The van der Waals surface area contributed by atoms with Crippen LogP contribution in [-0.4, -0.2) is 43.1 Å². The molecule has 0 aromatic heterocycles. The third-order valence-corrected chi connectivity index (χ3v) is 5.87. The number of carbonyl (C=O) groups is 1. The van der Waals surface area contributed by atoms with E-state index in [-0.39, 0.29) is 23.8 Å². The first-order valence-corrected chi connectivity index (χ1v) is 9.50. The molecule has 2 bridgehead atoms. The van der Waals surface area contributed by atoms with Gasteiger partial charge < -0.3 is 10.6 Å². The molecule has 2 unspecified atom stereocenters. The molecule has 2 saturated heterocycles. The van der Waals surface area contributed by atoms with Gasteiger partial charge in [0.1, 0.15) is 5.82 Å². The van der Waals surface area contributed by atoms with E-state index in [0.717, 1.165) is 12.8 Å². The van der Waals surface area contributed by atoms with Crippen LogP contribution in [0.1, 0.15) is 25.7 Å². The lowest BCUT2D eigenvalue weighted by molar-refractivity contribution is 0.204. The minimum atomic E-state index is -3.21. The first kappa shape index (κ1) is 16.2. The van der Waals surface area contributed by atoms with E-state index < -0.39 is 21.9 Å². The molecular weight excluding hydrogens is 321 g/mol. The van der Waals surface area contributed by atoms with Gasteiger partial charge in [0.05, 0.1) is 11.9 Å². The molecule has 0 radical (unpaired) electrons. The van der Waals surface area contributed by atoms with Gasteiger partial charge in [0, 0.05) is 18.1 Å². The molecule has 3 rings (SSSR count). The summed E-state index contributed by atoms with van der Waals surface area (Å²) in [7, 11) is -3.21. The Morgan fingerprint density at radius 1 is 1.22 bits per heavy atom. The van der Waals surface area contributed by atoms with Crippen molar-refractivity contribution in [3.05, 3.63) is 30.1 Å². The summed E-state index contributed by atoms with van der Waals surface area (Å²) in [5.41, 5.74) is 0.126. The smallest absolute Gasteiger partial charge is 0.319 e. The molecule has 2 atom stereocenters. The average molecular weight is 341 g/mol. The third-order valence-electron chi connectivity index (χ3n) is 4.51. The summed E-state index contributed by atoms with van der Waals surface area (Å²) in [6, 6.07) is 5.29. The number of fused-ring (bicyclic) bond motifs is 2. The third kappa shape index (κ3) is 3.48. The monoisotopic (exact) mass is 341 g/mol. The number of hydrogen-bond acceptors (Lipinski definition) is 3. The topological polar surface area (TPSA) is 78.5 Å². The van der Waals surface area contributed by atoms with Crippen molar-refractivity contribution < 1.29 is 17.6 Å². The number of benzene rings is 1. The number of hydrogen-bond donors (Lipinski definition) is 2. The van der Waals surface area contributed by atoms with Crippen molar-refractivity contribution in [1.82, 2.24) is 9.62 Å². The molecule has 23 heavy (non-hydrogen) atoms. The Kier molecular flexibility index (Phi) is 4.29. The van der Waals surface area contributed by atoms with Gasteiger partial charge in [-0.05, 0) is 37.8 Å². The predicted molar refractivity (Wildman–Crippen MR) is 85.1 cm³/mol. The maximum atomic E-state index is 13.5. The van der Waals surface area contributed by atoms with E-state index in [1.54, 1.807) is 16.4 Å². The summed E-state index contributed by atoms with van der Waals surface area (Å²) in [4.78, 5) is 12.0. The Balaban J connectivity index is 1.61. The quantitative estimate of drug-likeness (QED) is 0.881. The van der Waals surface area contributed by atoms with Crippen LogP contribution in [0.4, 0.5) is 14.9 Å². The molecule has 2 aliphatic rings. The zero-order valence-electron chi connectivity index (χ0n) is 12.8. The highest BCUT2D eigenvalue weighted by atomic mass is 32.2. The maximum Gasteiger partial charge on any atom is 0.319 e. The number of halogens is 1. The van der Waals surface area contributed by atoms with Crippen LogP contribution >= 0.6 is 0 Å². The molecular formula is C15H20FN3O3S. The van der Waals surface area contributed by atoms with E-state index in [0.29, 0.717) is 12.8 Å². The Bertz CT molecular complexity index is 696. The van der Waals surface area contributed by atoms with Gasteiger partial charge >= 0.3 is 6.03 Å². The van der Waals surface area contributed by atoms with Crippen molar-refractivity contribution in [2.24, 2.45) is 0 Å². The molecule has 6 nitrogen and oxygen atoms in total. The van der Waals surface area contributed by atoms with Gasteiger partial charge in [0.15, 0.2) is 0 Å². The number of nitrogens with one attached hydrogen (secondary N) is 2. The maximum absolute atomic E-state index is 13.5. The minimum absolute atomic E-state index is 0.0532. The molecule has 1 aromatic rings. The van der Waals surface area contributed by atoms with Gasteiger partial charge in [0.2, 0.25) is 10.0 Å². The second-order valence-corrected chi connectivity index (χ2v) is 8.11. The number of amides is 2. The van der Waals surface area contributed by atoms with Crippen molar-refractivity contribution in [3.63, 3.8) is 0 Å². The molecule has 0 aliphatic carbocycles. The highest BCUT2D eigenvalue weighted by molar-refractivity contribution is 7.88. The fourth-order valence-electron chi connectivity index (χ4n) is 3.70. The van der Waals surface area contributed by atoms with Crippen LogP contribution in [0.3, 0.4) is 0 Å². The van der Waals surface area contributed by atoms with Gasteiger partial charge in [-0.1, -0.05) is 12.1 Å². The highest BCUT2D eigenvalue weighted by Gasteiger charge is 2.45. The molecule has 0 saturated carbocycles. The SMILES string of the molecule is CS(=O)(=O)N1C2CCC1CC(NC(=O)Nc1ccccc1F)C2. The van der Waals surface area contributed by atoms with E-state index in [1.165, 1.54) is 18.4 Å². The molecule has 126 valence electrons. The van der Waals surface area contributed by atoms with Gasteiger partial charge in [-0.3, -0.25) is 0 Å². The highest BCUT2D eigenvalue weighted by Crippen LogP contribution is 2.37. The second-order valence-electron chi connectivity index (χ2n) is 6.22. The van der Waals surface area contributed by atoms with Crippen molar-refractivity contribution in [1.29, 1.82) is 0 Å². The lowest BCUT2D eigenvalue weighted by Gasteiger charge is -2.37. The predicted octanol–water partition coefficient (Wildman–Crippen LogP) is 1.90. The van der Waals surface area contributed by atoms with Crippen LogP contribution in [0.15, 0.2) is 24.3 Å². The summed E-state index contributed by atoms with van der Waals surface area (Å²) >= 11 is 0. The molecule has 2 amide bonds. The summed E-state index contributed by atoms with van der Waals surface area (Å²) in [5, 5.41) is 5.32. The van der Waals surface area contributed by atoms with Crippen LogP contribution in [0.5, 0.6) is 0 Å². The number of anilines is 1. The Hall–Kier alpha value is -1.67. The zero-order valence-corrected chi connectivity index (χ0v) is 13.6. The number of nitrogens with zero attached hydrogens (tertiary/aromatic N) is 1. The molecule has 1 aromatic carbocycles. The lowest BCUT2D eigenvalue weighted by atomic mass is 10.00. The van der Waals surface area contributed by atoms with Crippen molar-refractivity contribution in [2.75, 3.05) is 11.6 Å². The number of sulfonamides is 1. The Labute approximate surface area is 135 Å². The van der Waals surface area contributed by atoms with Crippen LogP contribution in [0.2, 0.25) is 0 Å². The Morgan fingerprint density at radius 2 is 1.83 bits per heavy atom. The van der Waals surface area contributed by atoms with E-state index in [4.69, 9.17) is 0 Å². The van der Waals surface area contributed by atoms with Crippen LogP contribution in [-0.2, 0) is 10.0 Å². The fraction of sp³-hybridized carbons (Fsp3) is 0.533.